The van der Waals surface area contributed by atoms with E-state index in [0.717, 1.165) is 25.9 Å². The Morgan fingerprint density at radius 1 is 1.22 bits per heavy atom. The molecule has 18 heavy (non-hydrogen) atoms. The Balaban J connectivity index is 2.26. The molecule has 0 amide bonds. The van der Waals surface area contributed by atoms with Crippen molar-refractivity contribution in [2.75, 3.05) is 19.6 Å². The molecule has 1 aromatic carbocycles. The van der Waals surface area contributed by atoms with Crippen molar-refractivity contribution in [1.29, 1.82) is 0 Å². The highest BCUT2D eigenvalue weighted by molar-refractivity contribution is 6.31. The average molecular weight is 271 g/mol. The van der Waals surface area contributed by atoms with Gasteiger partial charge in [-0.1, -0.05) is 30.5 Å². The van der Waals surface area contributed by atoms with Crippen LogP contribution in [0.15, 0.2) is 18.2 Å². The molecular formula is C14H20ClFN2. The monoisotopic (exact) mass is 270 g/mol. The zero-order valence-corrected chi connectivity index (χ0v) is 11.3. The molecule has 1 aliphatic heterocycles. The molecule has 1 aliphatic rings. The topological polar surface area (TPSA) is 29.3 Å². The lowest BCUT2D eigenvalue weighted by atomic mass is 10.0. The largest absolute Gasteiger partial charge is 0.329 e. The van der Waals surface area contributed by atoms with Crippen LogP contribution >= 0.6 is 11.6 Å². The van der Waals surface area contributed by atoms with Crippen molar-refractivity contribution in [1.82, 2.24) is 4.90 Å². The van der Waals surface area contributed by atoms with E-state index >= 15 is 0 Å². The number of rotatable bonds is 3. The number of nitrogens with two attached hydrogens (primary N) is 1. The maximum Gasteiger partial charge on any atom is 0.129 e. The molecule has 2 rings (SSSR count). The lowest BCUT2D eigenvalue weighted by Crippen LogP contribution is -2.35. The molecule has 100 valence electrons. The van der Waals surface area contributed by atoms with Crippen LogP contribution in [0.4, 0.5) is 4.39 Å². The lowest BCUT2D eigenvalue weighted by molar-refractivity contribution is 0.206. The summed E-state index contributed by atoms with van der Waals surface area (Å²) in [7, 11) is 0. The molecule has 0 aliphatic carbocycles. The van der Waals surface area contributed by atoms with E-state index in [-0.39, 0.29) is 11.9 Å². The Morgan fingerprint density at radius 2 is 1.89 bits per heavy atom. The minimum Gasteiger partial charge on any atom is -0.329 e. The Labute approximate surface area is 113 Å². The van der Waals surface area contributed by atoms with Crippen LogP contribution in [0.5, 0.6) is 0 Å². The normalized spacial score (nSPS) is 19.5. The van der Waals surface area contributed by atoms with E-state index in [2.05, 4.69) is 4.90 Å². The van der Waals surface area contributed by atoms with E-state index in [1.165, 1.54) is 18.9 Å². The first-order chi connectivity index (χ1) is 8.74. The fourth-order valence-corrected chi connectivity index (χ4v) is 2.97. The number of hydrogen-bond donors (Lipinski definition) is 1. The van der Waals surface area contributed by atoms with E-state index in [1.807, 2.05) is 0 Å². The second kappa shape index (κ2) is 6.50. The van der Waals surface area contributed by atoms with Gasteiger partial charge < -0.3 is 5.73 Å². The summed E-state index contributed by atoms with van der Waals surface area (Å²) in [6, 6.07) is 4.73. The van der Waals surface area contributed by atoms with Crippen LogP contribution in [0, 0.1) is 5.82 Å². The first-order valence-electron chi connectivity index (χ1n) is 6.62. The summed E-state index contributed by atoms with van der Waals surface area (Å²) in [5, 5.41) is 0.481. The van der Waals surface area contributed by atoms with E-state index in [9.17, 15) is 4.39 Å². The summed E-state index contributed by atoms with van der Waals surface area (Å²) in [4.78, 5) is 2.28. The van der Waals surface area contributed by atoms with Crippen molar-refractivity contribution in [3.05, 3.63) is 34.6 Å². The molecule has 0 bridgehead atoms. The Bertz CT molecular complexity index is 369. The zero-order valence-electron chi connectivity index (χ0n) is 10.5. The van der Waals surface area contributed by atoms with Crippen LogP contribution in [0.2, 0.25) is 5.02 Å². The molecule has 4 heteroatoms. The van der Waals surface area contributed by atoms with Crippen molar-refractivity contribution < 1.29 is 4.39 Å². The zero-order chi connectivity index (χ0) is 13.0. The smallest absolute Gasteiger partial charge is 0.129 e. The van der Waals surface area contributed by atoms with E-state index in [1.54, 1.807) is 12.1 Å². The maximum atomic E-state index is 14.0. The third-order valence-electron chi connectivity index (χ3n) is 3.64. The van der Waals surface area contributed by atoms with Crippen LogP contribution in [0.1, 0.15) is 37.3 Å². The number of likely N-dealkylation sites (tertiary alicyclic amines) is 1. The van der Waals surface area contributed by atoms with Gasteiger partial charge in [0.2, 0.25) is 0 Å². The van der Waals surface area contributed by atoms with Gasteiger partial charge in [-0.25, -0.2) is 4.39 Å². The number of hydrogen-bond acceptors (Lipinski definition) is 2. The van der Waals surface area contributed by atoms with Gasteiger partial charge in [0.05, 0.1) is 6.04 Å². The Kier molecular flexibility index (Phi) is 4.98. The summed E-state index contributed by atoms with van der Waals surface area (Å²) in [5.74, 6) is -0.248. The molecule has 1 aromatic rings. The molecule has 0 saturated carbocycles. The van der Waals surface area contributed by atoms with Crippen molar-refractivity contribution >= 4 is 11.6 Å². The van der Waals surface area contributed by atoms with Gasteiger partial charge in [0.1, 0.15) is 5.82 Å². The number of benzene rings is 1. The lowest BCUT2D eigenvalue weighted by Gasteiger charge is -2.30. The van der Waals surface area contributed by atoms with Gasteiger partial charge in [-0.2, -0.15) is 0 Å². The van der Waals surface area contributed by atoms with Crippen LogP contribution in [-0.2, 0) is 0 Å². The van der Waals surface area contributed by atoms with E-state index in [4.69, 9.17) is 17.3 Å². The molecule has 1 heterocycles. The van der Waals surface area contributed by atoms with Gasteiger partial charge in [-0.3, -0.25) is 4.90 Å². The number of halogens is 2. The highest BCUT2D eigenvalue weighted by Crippen LogP contribution is 2.30. The highest BCUT2D eigenvalue weighted by Gasteiger charge is 2.24. The fraction of sp³-hybridized carbons (Fsp3) is 0.571. The van der Waals surface area contributed by atoms with Gasteiger partial charge in [-0.05, 0) is 38.1 Å². The second-order valence-corrected chi connectivity index (χ2v) is 5.24. The quantitative estimate of drug-likeness (QED) is 0.913. The van der Waals surface area contributed by atoms with Gasteiger partial charge >= 0.3 is 0 Å². The minimum atomic E-state index is -0.248. The van der Waals surface area contributed by atoms with Crippen LogP contribution in [0.25, 0.3) is 0 Å². The van der Waals surface area contributed by atoms with Gasteiger partial charge in [0, 0.05) is 17.1 Å². The predicted octanol–water partition coefficient (Wildman–Crippen LogP) is 3.35. The maximum absolute atomic E-state index is 14.0. The third kappa shape index (κ3) is 3.02. The molecule has 0 radical (unpaired) electrons. The van der Waals surface area contributed by atoms with Crippen LogP contribution in [-0.4, -0.2) is 24.5 Å². The molecule has 2 N–H and O–H groups in total. The molecule has 1 unspecified atom stereocenters. The van der Waals surface area contributed by atoms with Crippen molar-refractivity contribution in [2.24, 2.45) is 5.73 Å². The number of nitrogens with zero attached hydrogens (tertiary/aromatic N) is 1. The fourth-order valence-electron chi connectivity index (χ4n) is 2.69. The molecule has 1 atom stereocenters. The summed E-state index contributed by atoms with van der Waals surface area (Å²) in [6.45, 7) is 2.36. The van der Waals surface area contributed by atoms with E-state index < -0.39 is 0 Å². The minimum absolute atomic E-state index is 0.100. The summed E-state index contributed by atoms with van der Waals surface area (Å²) in [5.41, 5.74) is 6.42. The highest BCUT2D eigenvalue weighted by atomic mass is 35.5. The van der Waals surface area contributed by atoms with E-state index in [0.29, 0.717) is 17.1 Å². The summed E-state index contributed by atoms with van der Waals surface area (Å²) < 4.78 is 14.0. The molecule has 0 spiro atoms. The first kappa shape index (κ1) is 13.8. The molecule has 0 aromatic heterocycles. The average Bonchev–Trinajstić information content (AvgIpc) is 2.63. The summed E-state index contributed by atoms with van der Waals surface area (Å²) in [6.07, 6.45) is 4.81. The van der Waals surface area contributed by atoms with Gasteiger partial charge in [0.15, 0.2) is 0 Å². The van der Waals surface area contributed by atoms with Crippen LogP contribution < -0.4 is 5.73 Å². The Morgan fingerprint density at radius 3 is 2.44 bits per heavy atom. The molecule has 1 saturated heterocycles. The second-order valence-electron chi connectivity index (χ2n) is 4.84. The first-order valence-corrected chi connectivity index (χ1v) is 7.00. The summed E-state index contributed by atoms with van der Waals surface area (Å²) >= 11 is 6.14. The molecule has 1 fully saturated rings. The molecule has 2 nitrogen and oxygen atoms in total. The molecular weight excluding hydrogens is 251 g/mol. The van der Waals surface area contributed by atoms with Gasteiger partial charge in [-0.15, -0.1) is 0 Å². The van der Waals surface area contributed by atoms with Crippen molar-refractivity contribution in [3.8, 4) is 0 Å². The van der Waals surface area contributed by atoms with Gasteiger partial charge in [0.25, 0.3) is 0 Å². The third-order valence-corrected chi connectivity index (χ3v) is 3.97. The Hall–Kier alpha value is -0.640. The predicted molar refractivity (Wildman–Crippen MR) is 73.2 cm³/mol. The SMILES string of the molecule is NCC(c1c(F)cccc1Cl)N1CCCCCC1. The standard InChI is InChI=1S/C14H20ClFN2/c15-11-6-5-7-12(16)14(11)13(10-17)18-8-3-1-2-4-9-18/h5-7,13H,1-4,8-10,17H2. The van der Waals surface area contributed by atoms with Crippen molar-refractivity contribution in [3.63, 3.8) is 0 Å². The van der Waals surface area contributed by atoms with Crippen molar-refractivity contribution in [2.45, 2.75) is 31.7 Å². The van der Waals surface area contributed by atoms with Crippen LogP contribution in [0.3, 0.4) is 0 Å².